The Morgan fingerprint density at radius 3 is 2.33 bits per heavy atom. The maximum atomic E-state index is 12.8. The molecule has 7 heteroatoms. The van der Waals surface area contributed by atoms with Gasteiger partial charge in [-0.3, -0.25) is 0 Å². The molecule has 0 aromatic heterocycles. The molecule has 0 bridgehead atoms. The first-order chi connectivity index (χ1) is 13.9. The number of unbranched alkanes of at least 4 members (excludes halogenated alkanes) is 1. The second-order valence-electron chi connectivity index (χ2n) is 7.81. The third-order valence-electron chi connectivity index (χ3n) is 5.66. The summed E-state index contributed by atoms with van der Waals surface area (Å²) in [6, 6.07) is 12.9. The predicted octanol–water partition coefficient (Wildman–Crippen LogP) is 5.99. The zero-order valence-electron chi connectivity index (χ0n) is 17.2. The lowest BCUT2D eigenvalue weighted by molar-refractivity contribution is -0.137. The summed E-state index contributed by atoms with van der Waals surface area (Å²) in [4.78, 5) is 2.47. The lowest BCUT2D eigenvalue weighted by Crippen LogP contribution is -2.42. The van der Waals surface area contributed by atoms with E-state index in [-0.39, 0.29) is 18.3 Å². The first-order valence-electron chi connectivity index (χ1n) is 10.2. The molecule has 1 heterocycles. The molecule has 2 atom stereocenters. The van der Waals surface area contributed by atoms with Crippen LogP contribution >= 0.6 is 12.4 Å². The number of rotatable bonds is 7. The molecular weight excluding hydrogens is 413 g/mol. The van der Waals surface area contributed by atoms with E-state index < -0.39 is 11.7 Å². The number of nitrogen functional groups attached to an aromatic ring is 1. The van der Waals surface area contributed by atoms with Crippen LogP contribution in [0.5, 0.6) is 5.75 Å². The van der Waals surface area contributed by atoms with Crippen molar-refractivity contribution >= 4 is 18.1 Å². The summed E-state index contributed by atoms with van der Waals surface area (Å²) < 4.78 is 44.2. The van der Waals surface area contributed by atoms with Crippen LogP contribution in [0.4, 0.5) is 18.9 Å². The highest BCUT2D eigenvalue weighted by molar-refractivity contribution is 5.85. The lowest BCUT2D eigenvalue weighted by atomic mass is 9.80. The second kappa shape index (κ2) is 10.9. The number of benzene rings is 2. The van der Waals surface area contributed by atoms with Gasteiger partial charge in [0, 0.05) is 18.2 Å². The molecule has 0 unspecified atom stereocenters. The van der Waals surface area contributed by atoms with Gasteiger partial charge in [0.25, 0.3) is 0 Å². The summed E-state index contributed by atoms with van der Waals surface area (Å²) in [5.74, 6) is 1.09. The van der Waals surface area contributed by atoms with Crippen molar-refractivity contribution in [3.05, 3.63) is 59.7 Å². The third kappa shape index (κ3) is 6.54. The van der Waals surface area contributed by atoms with Gasteiger partial charge in [-0.05, 0) is 73.8 Å². The normalized spacial score (nSPS) is 19.9. The van der Waals surface area contributed by atoms with E-state index in [9.17, 15) is 13.2 Å². The maximum absolute atomic E-state index is 12.8. The first-order valence-corrected chi connectivity index (χ1v) is 10.2. The fourth-order valence-electron chi connectivity index (χ4n) is 3.99. The maximum Gasteiger partial charge on any atom is 0.416 e. The average molecular weight is 443 g/mol. The number of hydrogen-bond acceptors (Lipinski definition) is 3. The summed E-state index contributed by atoms with van der Waals surface area (Å²) in [7, 11) is 0. The average Bonchev–Trinajstić information content (AvgIpc) is 2.71. The van der Waals surface area contributed by atoms with E-state index in [0.717, 1.165) is 50.3 Å². The zero-order chi connectivity index (χ0) is 20.9. The first kappa shape index (κ1) is 24.4. The van der Waals surface area contributed by atoms with Crippen molar-refractivity contribution in [2.24, 2.45) is 5.92 Å². The van der Waals surface area contributed by atoms with E-state index in [4.69, 9.17) is 10.5 Å². The summed E-state index contributed by atoms with van der Waals surface area (Å²) in [5.41, 5.74) is 7.16. The molecule has 2 N–H and O–H groups in total. The minimum absolute atomic E-state index is 0. The fraction of sp³-hybridized carbons (Fsp3) is 0.478. The predicted molar refractivity (Wildman–Crippen MR) is 117 cm³/mol. The molecule has 30 heavy (non-hydrogen) atoms. The van der Waals surface area contributed by atoms with Crippen molar-refractivity contribution in [1.82, 2.24) is 4.90 Å². The molecule has 0 spiro atoms. The molecule has 1 aliphatic rings. The number of piperidine rings is 1. The van der Waals surface area contributed by atoms with Gasteiger partial charge in [0.1, 0.15) is 5.75 Å². The fourth-order valence-corrected chi connectivity index (χ4v) is 3.99. The van der Waals surface area contributed by atoms with E-state index in [1.807, 2.05) is 12.1 Å². The molecule has 2 aromatic carbocycles. The van der Waals surface area contributed by atoms with Crippen molar-refractivity contribution < 1.29 is 17.9 Å². The van der Waals surface area contributed by atoms with Gasteiger partial charge in [0.15, 0.2) is 0 Å². The molecule has 1 saturated heterocycles. The van der Waals surface area contributed by atoms with Crippen LogP contribution in [-0.2, 0) is 6.18 Å². The molecule has 0 aliphatic carbocycles. The SMILES string of the molecule is CCCCN1CC[C@H](c2ccc(N)cc2)[C@@H](COc2ccc(C(F)(F)F)cc2)C1.Cl. The van der Waals surface area contributed by atoms with Gasteiger partial charge in [-0.2, -0.15) is 13.2 Å². The molecule has 1 aliphatic heterocycles. The Morgan fingerprint density at radius 1 is 1.07 bits per heavy atom. The zero-order valence-corrected chi connectivity index (χ0v) is 18.0. The number of anilines is 1. The van der Waals surface area contributed by atoms with Crippen LogP contribution < -0.4 is 10.5 Å². The largest absolute Gasteiger partial charge is 0.493 e. The van der Waals surface area contributed by atoms with Gasteiger partial charge in [-0.15, -0.1) is 12.4 Å². The van der Waals surface area contributed by atoms with E-state index >= 15 is 0 Å². The number of nitrogens with two attached hydrogens (primary N) is 1. The number of alkyl halides is 3. The van der Waals surface area contributed by atoms with Gasteiger partial charge in [0.05, 0.1) is 12.2 Å². The highest BCUT2D eigenvalue weighted by Gasteiger charge is 2.32. The van der Waals surface area contributed by atoms with Crippen LogP contribution in [0.25, 0.3) is 0 Å². The molecule has 166 valence electrons. The number of ether oxygens (including phenoxy) is 1. The van der Waals surface area contributed by atoms with Gasteiger partial charge in [-0.1, -0.05) is 25.5 Å². The van der Waals surface area contributed by atoms with Crippen molar-refractivity contribution in [2.45, 2.75) is 38.3 Å². The summed E-state index contributed by atoms with van der Waals surface area (Å²) in [6.45, 7) is 5.71. The van der Waals surface area contributed by atoms with Gasteiger partial charge >= 0.3 is 6.18 Å². The van der Waals surface area contributed by atoms with Gasteiger partial charge in [0.2, 0.25) is 0 Å². The van der Waals surface area contributed by atoms with Crippen LogP contribution in [-0.4, -0.2) is 31.1 Å². The molecular formula is C23H30ClF3N2O. The number of nitrogens with zero attached hydrogens (tertiary/aromatic N) is 1. The molecule has 2 aromatic rings. The smallest absolute Gasteiger partial charge is 0.416 e. The molecule has 0 radical (unpaired) electrons. The van der Waals surface area contributed by atoms with E-state index in [1.165, 1.54) is 24.1 Å². The minimum atomic E-state index is -4.33. The van der Waals surface area contributed by atoms with Crippen LogP contribution in [0.1, 0.15) is 43.2 Å². The Hall–Kier alpha value is -1.92. The number of halogens is 4. The quantitative estimate of drug-likeness (QED) is 0.535. The highest BCUT2D eigenvalue weighted by Crippen LogP contribution is 2.35. The van der Waals surface area contributed by atoms with Crippen LogP contribution in [0.3, 0.4) is 0 Å². The molecule has 0 amide bonds. The van der Waals surface area contributed by atoms with Gasteiger partial charge in [-0.25, -0.2) is 0 Å². The minimum Gasteiger partial charge on any atom is -0.493 e. The second-order valence-corrected chi connectivity index (χ2v) is 7.81. The number of likely N-dealkylation sites (tertiary alicyclic amines) is 1. The van der Waals surface area contributed by atoms with Crippen molar-refractivity contribution in [3.8, 4) is 5.75 Å². The van der Waals surface area contributed by atoms with Crippen LogP contribution in [0, 0.1) is 5.92 Å². The summed E-state index contributed by atoms with van der Waals surface area (Å²) in [6.07, 6.45) is -0.972. The van der Waals surface area contributed by atoms with Crippen LogP contribution in [0.2, 0.25) is 0 Å². The highest BCUT2D eigenvalue weighted by atomic mass is 35.5. The Labute approximate surface area is 182 Å². The van der Waals surface area contributed by atoms with Crippen molar-refractivity contribution in [1.29, 1.82) is 0 Å². The van der Waals surface area contributed by atoms with Crippen LogP contribution in [0.15, 0.2) is 48.5 Å². The Kier molecular flexibility index (Phi) is 8.86. The molecule has 3 rings (SSSR count). The molecule has 3 nitrogen and oxygen atoms in total. The van der Waals surface area contributed by atoms with Crippen molar-refractivity contribution in [3.63, 3.8) is 0 Å². The monoisotopic (exact) mass is 442 g/mol. The Bertz CT molecular complexity index is 766. The van der Waals surface area contributed by atoms with E-state index in [2.05, 4.69) is 24.0 Å². The summed E-state index contributed by atoms with van der Waals surface area (Å²) >= 11 is 0. The topological polar surface area (TPSA) is 38.5 Å². The Balaban J connectivity index is 0.00000320. The number of hydrogen-bond donors (Lipinski definition) is 1. The molecule has 1 fully saturated rings. The lowest BCUT2D eigenvalue weighted by Gasteiger charge is -2.39. The van der Waals surface area contributed by atoms with Crippen molar-refractivity contribution in [2.75, 3.05) is 32.0 Å². The third-order valence-corrected chi connectivity index (χ3v) is 5.66. The molecule has 0 saturated carbocycles. The van der Waals surface area contributed by atoms with E-state index in [0.29, 0.717) is 18.3 Å². The van der Waals surface area contributed by atoms with Gasteiger partial charge < -0.3 is 15.4 Å². The van der Waals surface area contributed by atoms with E-state index in [1.54, 1.807) is 0 Å². The summed E-state index contributed by atoms with van der Waals surface area (Å²) in [5, 5.41) is 0. The standard InChI is InChI=1S/C23H29F3N2O.ClH/c1-2-3-13-28-14-12-22(17-4-8-20(27)9-5-17)18(15-28)16-29-21-10-6-19(7-11-21)23(24,25)26;/h4-11,18,22H,2-3,12-16,27H2,1H3;1H/t18-,22-;/m1./s1. The Morgan fingerprint density at radius 2 is 1.73 bits per heavy atom.